The zero-order chi connectivity index (χ0) is 13.0. The van der Waals surface area contributed by atoms with Crippen LogP contribution in [-0.4, -0.2) is 30.0 Å². The van der Waals surface area contributed by atoms with Gasteiger partial charge in [0, 0.05) is 23.0 Å². The van der Waals surface area contributed by atoms with Gasteiger partial charge in [-0.3, -0.25) is 0 Å². The Hall–Kier alpha value is -1.58. The normalized spacial score (nSPS) is 11.7. The van der Waals surface area contributed by atoms with Crippen LogP contribution in [0.3, 0.4) is 0 Å². The van der Waals surface area contributed by atoms with Crippen molar-refractivity contribution in [2.45, 2.75) is 6.92 Å². The van der Waals surface area contributed by atoms with Crippen molar-refractivity contribution in [3.8, 4) is 0 Å². The van der Waals surface area contributed by atoms with Crippen molar-refractivity contribution >= 4 is 16.5 Å². The third-order valence-corrected chi connectivity index (χ3v) is 3.26. The lowest BCUT2D eigenvalue weighted by Gasteiger charge is -2.25. The van der Waals surface area contributed by atoms with Crippen LogP contribution in [-0.2, 0) is 0 Å². The highest BCUT2D eigenvalue weighted by atomic mass is 16.3. The van der Waals surface area contributed by atoms with E-state index in [9.17, 15) is 10.2 Å². The molecule has 3 N–H and O–H groups in total. The summed E-state index contributed by atoms with van der Waals surface area (Å²) < 4.78 is 0. The average Bonchev–Trinajstić information content (AvgIpc) is 2.44. The van der Waals surface area contributed by atoms with E-state index in [-0.39, 0.29) is 13.2 Å². The van der Waals surface area contributed by atoms with Crippen LogP contribution >= 0.6 is 0 Å². The Morgan fingerprint density at radius 3 is 2.39 bits per heavy atom. The van der Waals surface area contributed by atoms with Gasteiger partial charge < -0.3 is 15.5 Å². The first-order valence-corrected chi connectivity index (χ1v) is 6.12. The second-order valence-corrected chi connectivity index (χ2v) is 5.01. The molecule has 0 amide bonds. The number of benzene rings is 2. The zero-order valence-corrected chi connectivity index (χ0v) is 10.6. The summed E-state index contributed by atoms with van der Waals surface area (Å²) in [6.45, 7) is 2.31. The Morgan fingerprint density at radius 2 is 1.67 bits per heavy atom. The molecule has 0 spiro atoms. The van der Waals surface area contributed by atoms with Gasteiger partial charge >= 0.3 is 0 Å². The minimum atomic E-state index is -0.503. The van der Waals surface area contributed by atoms with E-state index in [1.165, 1.54) is 5.39 Å². The predicted octanol–water partition coefficient (Wildman–Crippen LogP) is 2.24. The van der Waals surface area contributed by atoms with Crippen LogP contribution in [0.15, 0.2) is 42.5 Å². The van der Waals surface area contributed by atoms with Crippen molar-refractivity contribution < 1.29 is 10.2 Å². The standard InChI is InChI=1S/C15H19NO2/c1-15(10-17,11-18)9-16-14-8-4-6-12-5-2-3-7-13(12)14/h2-8,16-18H,9-11H2,1H3. The summed E-state index contributed by atoms with van der Waals surface area (Å²) in [5.74, 6) is 0. The van der Waals surface area contributed by atoms with Gasteiger partial charge in [-0.15, -0.1) is 0 Å². The molecular formula is C15H19NO2. The molecule has 0 aliphatic carbocycles. The number of hydrogen-bond donors (Lipinski definition) is 3. The van der Waals surface area contributed by atoms with Gasteiger partial charge in [-0.1, -0.05) is 43.3 Å². The first-order valence-electron chi connectivity index (χ1n) is 6.12. The molecule has 0 radical (unpaired) electrons. The van der Waals surface area contributed by atoms with Gasteiger partial charge in [0.05, 0.1) is 13.2 Å². The molecule has 3 heteroatoms. The lowest BCUT2D eigenvalue weighted by molar-refractivity contribution is 0.0807. The van der Waals surface area contributed by atoms with Crippen molar-refractivity contribution in [1.82, 2.24) is 0 Å². The van der Waals surface area contributed by atoms with Gasteiger partial charge in [-0.2, -0.15) is 0 Å². The lowest BCUT2D eigenvalue weighted by Crippen LogP contribution is -2.34. The molecule has 0 bridgehead atoms. The average molecular weight is 245 g/mol. The van der Waals surface area contributed by atoms with Crippen molar-refractivity contribution in [2.24, 2.45) is 5.41 Å². The topological polar surface area (TPSA) is 52.5 Å². The molecule has 0 aromatic heterocycles. The van der Waals surface area contributed by atoms with Crippen molar-refractivity contribution in [2.75, 3.05) is 25.1 Å². The molecule has 0 saturated carbocycles. The summed E-state index contributed by atoms with van der Waals surface area (Å²) >= 11 is 0. The molecule has 0 heterocycles. The summed E-state index contributed by atoms with van der Waals surface area (Å²) in [6, 6.07) is 14.2. The molecule has 0 fully saturated rings. The second kappa shape index (κ2) is 5.38. The maximum atomic E-state index is 9.28. The molecule has 0 aliphatic rings. The summed E-state index contributed by atoms with van der Waals surface area (Å²) in [6.07, 6.45) is 0. The Bertz CT molecular complexity index is 515. The monoisotopic (exact) mass is 245 g/mol. The minimum Gasteiger partial charge on any atom is -0.396 e. The molecule has 2 aromatic carbocycles. The Morgan fingerprint density at radius 1 is 1.00 bits per heavy atom. The molecule has 0 saturated heterocycles. The van der Waals surface area contributed by atoms with Crippen LogP contribution in [0.4, 0.5) is 5.69 Å². The van der Waals surface area contributed by atoms with Crippen molar-refractivity contribution in [1.29, 1.82) is 0 Å². The van der Waals surface area contributed by atoms with Crippen LogP contribution < -0.4 is 5.32 Å². The van der Waals surface area contributed by atoms with E-state index in [0.29, 0.717) is 6.54 Å². The van der Waals surface area contributed by atoms with E-state index in [4.69, 9.17) is 0 Å². The summed E-state index contributed by atoms with van der Waals surface area (Å²) in [5, 5.41) is 24.2. The summed E-state index contributed by atoms with van der Waals surface area (Å²) in [5.41, 5.74) is 0.526. The molecule has 2 rings (SSSR count). The van der Waals surface area contributed by atoms with E-state index < -0.39 is 5.41 Å². The predicted molar refractivity (Wildman–Crippen MR) is 74.7 cm³/mol. The molecule has 96 valence electrons. The number of aliphatic hydroxyl groups is 2. The number of hydrogen-bond acceptors (Lipinski definition) is 3. The van der Waals surface area contributed by atoms with E-state index in [1.54, 1.807) is 0 Å². The van der Waals surface area contributed by atoms with Gasteiger partial charge in [0.15, 0.2) is 0 Å². The molecular weight excluding hydrogens is 226 g/mol. The highest BCUT2D eigenvalue weighted by Crippen LogP contribution is 2.24. The summed E-state index contributed by atoms with van der Waals surface area (Å²) in [7, 11) is 0. The van der Waals surface area contributed by atoms with Gasteiger partial charge in [-0.25, -0.2) is 0 Å². The second-order valence-electron chi connectivity index (χ2n) is 5.01. The fourth-order valence-corrected chi connectivity index (χ4v) is 1.85. The van der Waals surface area contributed by atoms with Gasteiger partial charge in [0.1, 0.15) is 0 Å². The van der Waals surface area contributed by atoms with Crippen molar-refractivity contribution in [3.63, 3.8) is 0 Å². The van der Waals surface area contributed by atoms with Crippen molar-refractivity contribution in [3.05, 3.63) is 42.5 Å². The molecule has 2 aromatic rings. The number of fused-ring (bicyclic) bond motifs is 1. The fourth-order valence-electron chi connectivity index (χ4n) is 1.85. The molecule has 3 nitrogen and oxygen atoms in total. The molecule has 18 heavy (non-hydrogen) atoms. The number of anilines is 1. The number of rotatable bonds is 5. The SMILES string of the molecule is CC(CO)(CO)CNc1cccc2ccccc12. The van der Waals surface area contributed by atoms with E-state index in [0.717, 1.165) is 11.1 Å². The van der Waals surface area contributed by atoms with Gasteiger partial charge in [0.25, 0.3) is 0 Å². The third-order valence-electron chi connectivity index (χ3n) is 3.26. The Labute approximate surface area is 107 Å². The first-order chi connectivity index (χ1) is 8.68. The van der Waals surface area contributed by atoms with Crippen LogP contribution in [0.25, 0.3) is 10.8 Å². The van der Waals surface area contributed by atoms with Crippen LogP contribution in [0.2, 0.25) is 0 Å². The molecule has 0 unspecified atom stereocenters. The number of aliphatic hydroxyl groups excluding tert-OH is 2. The van der Waals surface area contributed by atoms with E-state index >= 15 is 0 Å². The Balaban J connectivity index is 2.22. The lowest BCUT2D eigenvalue weighted by atomic mass is 9.93. The van der Waals surface area contributed by atoms with Gasteiger partial charge in [-0.05, 0) is 11.5 Å². The molecule has 0 atom stereocenters. The highest BCUT2D eigenvalue weighted by Gasteiger charge is 2.22. The van der Waals surface area contributed by atoms with E-state index in [2.05, 4.69) is 23.5 Å². The number of nitrogens with one attached hydrogen (secondary N) is 1. The maximum absolute atomic E-state index is 9.28. The quantitative estimate of drug-likeness (QED) is 0.757. The smallest absolute Gasteiger partial charge is 0.0523 e. The molecule has 0 aliphatic heterocycles. The van der Waals surface area contributed by atoms with Crippen LogP contribution in [0.1, 0.15) is 6.92 Å². The van der Waals surface area contributed by atoms with E-state index in [1.807, 2.05) is 31.2 Å². The highest BCUT2D eigenvalue weighted by molar-refractivity contribution is 5.93. The largest absolute Gasteiger partial charge is 0.396 e. The third kappa shape index (κ3) is 2.63. The first kappa shape index (κ1) is 12.9. The van der Waals surface area contributed by atoms with Gasteiger partial charge in [0.2, 0.25) is 0 Å². The van der Waals surface area contributed by atoms with Crippen LogP contribution in [0.5, 0.6) is 0 Å². The summed E-state index contributed by atoms with van der Waals surface area (Å²) in [4.78, 5) is 0. The fraction of sp³-hybridized carbons (Fsp3) is 0.333. The maximum Gasteiger partial charge on any atom is 0.0523 e. The zero-order valence-electron chi connectivity index (χ0n) is 10.6. The minimum absolute atomic E-state index is 0.0404. The van der Waals surface area contributed by atoms with Crippen LogP contribution in [0, 0.1) is 5.41 Å². The Kier molecular flexibility index (Phi) is 3.84.